The van der Waals surface area contributed by atoms with E-state index in [-0.39, 0.29) is 13.0 Å². The minimum absolute atomic E-state index is 0.0603. The van der Waals surface area contributed by atoms with E-state index in [4.69, 9.17) is 4.74 Å². The molecule has 0 saturated carbocycles. The van der Waals surface area contributed by atoms with E-state index >= 15 is 0 Å². The van der Waals surface area contributed by atoms with Gasteiger partial charge in [-0.2, -0.15) is 8.78 Å². The van der Waals surface area contributed by atoms with Gasteiger partial charge in [0.05, 0.1) is 18.6 Å². The smallest absolute Gasteiger partial charge is 0.311 e. The zero-order valence-corrected chi connectivity index (χ0v) is 15.0. The van der Waals surface area contributed by atoms with Crippen LogP contribution in [0.3, 0.4) is 0 Å². The second kappa shape index (κ2) is 8.21. The summed E-state index contributed by atoms with van der Waals surface area (Å²) < 4.78 is 96.0. The van der Waals surface area contributed by atoms with E-state index in [1.807, 2.05) is 0 Å². The van der Waals surface area contributed by atoms with Gasteiger partial charge in [-0.15, -0.1) is 0 Å². The molecule has 6 nitrogen and oxygen atoms in total. The highest BCUT2D eigenvalue weighted by Crippen LogP contribution is 2.32. The molecule has 11 heteroatoms. The first-order valence-electron chi connectivity index (χ1n) is 7.46. The van der Waals surface area contributed by atoms with Crippen LogP contribution in [-0.4, -0.2) is 32.2 Å². The molecule has 0 amide bonds. The van der Waals surface area contributed by atoms with Gasteiger partial charge in [0, 0.05) is 6.42 Å². The van der Waals surface area contributed by atoms with E-state index < -0.39 is 62.0 Å². The molecule has 0 aliphatic carbocycles. The summed E-state index contributed by atoms with van der Waals surface area (Å²) >= 11 is 0. The molecule has 0 atom stereocenters. The summed E-state index contributed by atoms with van der Waals surface area (Å²) in [4.78, 5) is 9.44. The summed E-state index contributed by atoms with van der Waals surface area (Å²) in [5.41, 5.74) is -0.717. The van der Waals surface area contributed by atoms with Crippen molar-refractivity contribution >= 4 is 16.1 Å². The molecule has 0 aliphatic heterocycles. The Balaban J connectivity index is 2.80. The quantitative estimate of drug-likeness (QED) is 0.219. The Morgan fingerprint density at radius 2 is 1.54 bits per heavy atom. The lowest BCUT2D eigenvalue weighted by Gasteiger charge is -2.20. The van der Waals surface area contributed by atoms with Gasteiger partial charge in [-0.05, 0) is 20.3 Å². The molecule has 0 bridgehead atoms. The number of hydrogen-bond acceptors (Lipinski definition) is 6. The number of rotatable bonds is 8. The van der Waals surface area contributed by atoms with Crippen LogP contribution in [0.5, 0.6) is 5.75 Å². The fourth-order valence-corrected chi connectivity index (χ4v) is 2.29. The zero-order valence-electron chi connectivity index (χ0n) is 14.2. The van der Waals surface area contributed by atoms with Crippen LogP contribution in [0.1, 0.15) is 33.6 Å². The predicted molar refractivity (Wildman–Crippen MR) is 79.4 cm³/mol. The average Bonchev–Trinajstić information content (AvgIpc) is 2.54. The van der Waals surface area contributed by atoms with Crippen LogP contribution in [0.2, 0.25) is 0 Å². The number of carbonyl (C=O) groups excluding carboxylic acids is 1. The minimum atomic E-state index is -5.77. The Morgan fingerprint density at radius 3 is 1.96 bits per heavy atom. The third kappa shape index (κ3) is 4.85. The predicted octanol–water partition coefficient (Wildman–Crippen LogP) is 2.90. The van der Waals surface area contributed by atoms with Crippen molar-refractivity contribution in [3.63, 3.8) is 0 Å². The van der Waals surface area contributed by atoms with Crippen LogP contribution in [0.15, 0.2) is 4.90 Å². The van der Waals surface area contributed by atoms with Crippen LogP contribution >= 0.6 is 0 Å². The lowest BCUT2D eigenvalue weighted by atomic mass is 9.91. The normalized spacial score (nSPS) is 12.2. The van der Waals surface area contributed by atoms with Gasteiger partial charge in [0.2, 0.25) is 11.6 Å². The second-order valence-electron chi connectivity index (χ2n) is 5.94. The van der Waals surface area contributed by atoms with Gasteiger partial charge < -0.3 is 14.0 Å². The van der Waals surface area contributed by atoms with Gasteiger partial charge in [0.1, 0.15) is 15.0 Å². The number of ether oxygens (including phenoxy) is 2. The molecule has 1 aromatic rings. The van der Waals surface area contributed by atoms with Crippen molar-refractivity contribution in [3.8, 4) is 5.75 Å². The van der Waals surface area contributed by atoms with Crippen molar-refractivity contribution in [1.82, 2.24) is 0 Å². The standard InChI is InChI=1S/C15H18F4O6S/c1-4-15(2,3)14(20)25-7-5-6-24-12-8(16)10(18)13(26(21,22)23)11(19)9(12)17/h4-7H2,1-3H3,(H,21,22,23)/p-1. The van der Waals surface area contributed by atoms with Gasteiger partial charge in [-0.3, -0.25) is 4.79 Å². The molecule has 1 rings (SSSR count). The second-order valence-corrected chi connectivity index (χ2v) is 7.26. The van der Waals surface area contributed by atoms with Crippen LogP contribution < -0.4 is 4.74 Å². The molecule has 0 N–H and O–H groups in total. The third-order valence-electron chi connectivity index (χ3n) is 3.64. The Labute approximate surface area is 147 Å². The summed E-state index contributed by atoms with van der Waals surface area (Å²) in [7, 11) is -5.77. The van der Waals surface area contributed by atoms with Crippen LogP contribution in [0, 0.1) is 28.7 Å². The number of hydrogen-bond donors (Lipinski definition) is 0. The third-order valence-corrected chi connectivity index (χ3v) is 4.50. The van der Waals surface area contributed by atoms with Crippen molar-refractivity contribution in [2.45, 2.75) is 38.5 Å². The molecular formula is C15H17F4O6S-. The Kier molecular flexibility index (Phi) is 7.00. The molecule has 0 aromatic heterocycles. The first kappa shape index (κ1) is 22.2. The Hall–Kier alpha value is -1.88. The van der Waals surface area contributed by atoms with Crippen molar-refractivity contribution in [3.05, 3.63) is 23.3 Å². The highest BCUT2D eigenvalue weighted by molar-refractivity contribution is 7.85. The molecule has 1 aromatic carbocycles. The molecule has 148 valence electrons. The number of halogens is 4. The van der Waals surface area contributed by atoms with Crippen molar-refractivity contribution < 1.29 is 44.8 Å². The molecular weight excluding hydrogens is 384 g/mol. The summed E-state index contributed by atoms with van der Waals surface area (Å²) in [5.74, 6) is -11.0. The summed E-state index contributed by atoms with van der Waals surface area (Å²) in [5, 5.41) is 0. The van der Waals surface area contributed by atoms with Gasteiger partial charge in [-0.1, -0.05) is 6.92 Å². The van der Waals surface area contributed by atoms with E-state index in [1.165, 1.54) is 0 Å². The van der Waals surface area contributed by atoms with E-state index in [1.54, 1.807) is 20.8 Å². The Bertz CT molecular complexity index is 763. The van der Waals surface area contributed by atoms with Crippen LogP contribution in [0.4, 0.5) is 17.6 Å². The van der Waals surface area contributed by atoms with E-state index in [0.717, 1.165) is 0 Å². The maximum Gasteiger partial charge on any atom is 0.311 e. The van der Waals surface area contributed by atoms with Gasteiger partial charge in [0.25, 0.3) is 0 Å². The van der Waals surface area contributed by atoms with Crippen LogP contribution in [-0.2, 0) is 19.6 Å². The molecule has 0 saturated heterocycles. The molecule has 26 heavy (non-hydrogen) atoms. The largest absolute Gasteiger partial charge is 0.744 e. The molecule has 0 aliphatic rings. The summed E-state index contributed by atoms with van der Waals surface area (Å²) in [6.45, 7) is 4.44. The van der Waals surface area contributed by atoms with Crippen molar-refractivity contribution in [2.75, 3.05) is 13.2 Å². The molecule has 0 heterocycles. The monoisotopic (exact) mass is 401 g/mol. The van der Waals surface area contributed by atoms with Crippen LogP contribution in [0.25, 0.3) is 0 Å². The maximum atomic E-state index is 13.7. The van der Waals surface area contributed by atoms with Crippen molar-refractivity contribution in [1.29, 1.82) is 0 Å². The lowest BCUT2D eigenvalue weighted by molar-refractivity contribution is -0.154. The number of carbonyl (C=O) groups is 1. The maximum absolute atomic E-state index is 13.7. The molecule has 0 spiro atoms. The fourth-order valence-electron chi connectivity index (χ4n) is 1.68. The van der Waals surface area contributed by atoms with Crippen molar-refractivity contribution in [2.24, 2.45) is 5.41 Å². The first-order valence-corrected chi connectivity index (χ1v) is 8.87. The SMILES string of the molecule is CCC(C)(C)C(=O)OCCCOc1c(F)c(F)c(S(=O)(=O)[O-])c(F)c1F. The van der Waals surface area contributed by atoms with E-state index in [2.05, 4.69) is 4.74 Å². The van der Waals surface area contributed by atoms with Gasteiger partial charge >= 0.3 is 5.97 Å². The summed E-state index contributed by atoms with van der Waals surface area (Å²) in [6.07, 6.45) is 0.460. The number of benzene rings is 1. The topological polar surface area (TPSA) is 92.7 Å². The number of esters is 1. The highest BCUT2D eigenvalue weighted by Gasteiger charge is 2.30. The van der Waals surface area contributed by atoms with E-state index in [0.29, 0.717) is 6.42 Å². The molecule has 0 radical (unpaired) electrons. The highest BCUT2D eigenvalue weighted by atomic mass is 32.2. The van der Waals surface area contributed by atoms with Gasteiger partial charge in [-0.25, -0.2) is 17.2 Å². The molecule has 0 fully saturated rings. The summed E-state index contributed by atoms with van der Waals surface area (Å²) in [6, 6.07) is 0. The average molecular weight is 401 g/mol. The zero-order chi connectivity index (χ0) is 20.3. The lowest BCUT2D eigenvalue weighted by Crippen LogP contribution is -2.26. The fraction of sp³-hybridized carbons (Fsp3) is 0.533. The minimum Gasteiger partial charge on any atom is -0.744 e. The van der Waals surface area contributed by atoms with Gasteiger partial charge in [0.15, 0.2) is 17.4 Å². The Morgan fingerprint density at radius 1 is 1.04 bits per heavy atom. The molecule has 0 unspecified atom stereocenters. The first-order chi connectivity index (χ1) is 11.8. The van der Waals surface area contributed by atoms with E-state index in [9.17, 15) is 35.3 Å².